The van der Waals surface area contributed by atoms with Gasteiger partial charge in [0.2, 0.25) is 0 Å². The van der Waals surface area contributed by atoms with Crippen LogP contribution in [0.25, 0.3) is 0 Å². The Balaban J connectivity index is 1.29. The van der Waals surface area contributed by atoms with Crippen molar-refractivity contribution in [1.82, 2.24) is 20.3 Å². The first-order valence-corrected chi connectivity index (χ1v) is 12.6. The number of fused-ring (bicyclic) bond motifs is 1. The van der Waals surface area contributed by atoms with Gasteiger partial charge in [0, 0.05) is 42.8 Å². The molecular formula is C27H25Cl2N5O2. The summed E-state index contributed by atoms with van der Waals surface area (Å²) in [7, 11) is 0. The number of anilines is 1. The third kappa shape index (κ3) is 5.53. The lowest BCUT2D eigenvalue weighted by molar-refractivity contribution is 0.0951. The number of hydrogen-bond acceptors (Lipinski definition) is 6. The molecule has 4 aromatic rings. The van der Waals surface area contributed by atoms with Crippen molar-refractivity contribution in [3.8, 4) is 0 Å². The molecule has 7 nitrogen and oxygen atoms in total. The fourth-order valence-electron chi connectivity index (χ4n) is 4.75. The topological polar surface area (TPSA) is 92.9 Å². The van der Waals surface area contributed by atoms with Gasteiger partial charge in [-0.1, -0.05) is 53.5 Å². The number of nitrogens with zero attached hydrogens (tertiary/aromatic N) is 3. The summed E-state index contributed by atoms with van der Waals surface area (Å²) in [6, 6.07) is 12.5. The second-order valence-electron chi connectivity index (χ2n) is 8.85. The van der Waals surface area contributed by atoms with Crippen molar-refractivity contribution in [3.05, 3.63) is 106 Å². The van der Waals surface area contributed by atoms with Crippen molar-refractivity contribution < 1.29 is 9.21 Å². The predicted molar refractivity (Wildman–Crippen MR) is 139 cm³/mol. The lowest BCUT2D eigenvalue weighted by Gasteiger charge is -2.32. The maximum Gasteiger partial charge on any atom is 0.254 e. The van der Waals surface area contributed by atoms with Gasteiger partial charge in [0.05, 0.1) is 15.6 Å². The van der Waals surface area contributed by atoms with Gasteiger partial charge in [-0.05, 0) is 48.4 Å². The van der Waals surface area contributed by atoms with E-state index >= 15 is 0 Å². The van der Waals surface area contributed by atoms with Gasteiger partial charge in [0.25, 0.3) is 5.91 Å². The number of amides is 1. The number of aromatic nitrogens is 3. The molecule has 0 saturated carbocycles. The number of halogens is 2. The van der Waals surface area contributed by atoms with E-state index in [9.17, 15) is 4.79 Å². The van der Waals surface area contributed by atoms with Crippen molar-refractivity contribution in [2.75, 3.05) is 5.32 Å². The molecule has 0 radical (unpaired) electrons. The lowest BCUT2D eigenvalue weighted by Crippen LogP contribution is -2.33. The smallest absolute Gasteiger partial charge is 0.254 e. The molecule has 0 bridgehead atoms. The number of nitrogens with one attached hydrogen (secondary N) is 2. The maximum absolute atomic E-state index is 12.6. The number of carbonyl (C=O) groups is 1. The van der Waals surface area contributed by atoms with Crippen molar-refractivity contribution in [3.63, 3.8) is 0 Å². The molecule has 0 spiro atoms. The van der Waals surface area contributed by atoms with Crippen LogP contribution in [0, 0.1) is 0 Å². The van der Waals surface area contributed by atoms with Crippen molar-refractivity contribution in [2.45, 2.75) is 44.2 Å². The molecule has 1 aliphatic rings. The van der Waals surface area contributed by atoms with Gasteiger partial charge < -0.3 is 15.1 Å². The van der Waals surface area contributed by atoms with E-state index in [0.717, 1.165) is 42.8 Å². The van der Waals surface area contributed by atoms with Gasteiger partial charge >= 0.3 is 0 Å². The summed E-state index contributed by atoms with van der Waals surface area (Å²) < 4.78 is 5.19. The van der Waals surface area contributed by atoms with Crippen LogP contribution >= 0.6 is 23.2 Å². The molecule has 9 heteroatoms. The summed E-state index contributed by atoms with van der Waals surface area (Å²) >= 11 is 12.2. The summed E-state index contributed by atoms with van der Waals surface area (Å²) in [6.07, 6.45) is 11.8. The maximum atomic E-state index is 12.6. The fraction of sp³-hybridized carbons (Fsp3) is 0.259. The Kier molecular flexibility index (Phi) is 7.49. The van der Waals surface area contributed by atoms with Gasteiger partial charge in [-0.25, -0.2) is 0 Å². The summed E-state index contributed by atoms with van der Waals surface area (Å²) in [6.45, 7) is 0.356. The van der Waals surface area contributed by atoms with Gasteiger partial charge in [0.1, 0.15) is 6.26 Å². The minimum Gasteiger partial charge on any atom is -0.449 e. The molecule has 5 rings (SSSR count). The Morgan fingerprint density at radius 1 is 1.08 bits per heavy atom. The molecule has 2 N–H and O–H groups in total. The first-order valence-electron chi connectivity index (χ1n) is 11.8. The monoisotopic (exact) mass is 521 g/mol. The normalized spacial score (nSPS) is 15.7. The Bertz CT molecular complexity index is 1310. The number of benzene rings is 1. The minimum atomic E-state index is -0.336. The first kappa shape index (κ1) is 24.3. The van der Waals surface area contributed by atoms with E-state index in [-0.39, 0.29) is 33.5 Å². The van der Waals surface area contributed by atoms with Crippen molar-refractivity contribution in [2.24, 2.45) is 0 Å². The van der Waals surface area contributed by atoms with Crippen LogP contribution in [-0.2, 0) is 19.4 Å². The SMILES string of the molecule is O=C(NCc1ccc(CC(Nc2cocn2)C2CCCc3cccnc32)cc1)c1c(Cl)cncc1Cl. The minimum absolute atomic E-state index is 0.102. The molecule has 0 fully saturated rings. The average molecular weight is 522 g/mol. The molecule has 184 valence electrons. The van der Waals surface area contributed by atoms with Crippen LogP contribution in [0.5, 0.6) is 0 Å². The van der Waals surface area contributed by atoms with Crippen LogP contribution in [0.3, 0.4) is 0 Å². The molecule has 0 saturated heterocycles. The molecule has 1 aliphatic carbocycles. The van der Waals surface area contributed by atoms with Crippen LogP contribution in [-0.4, -0.2) is 26.9 Å². The molecule has 2 atom stereocenters. The zero-order chi connectivity index (χ0) is 24.9. The molecule has 0 aliphatic heterocycles. The van der Waals surface area contributed by atoms with Crippen LogP contribution in [0.15, 0.2) is 72.1 Å². The zero-order valence-corrected chi connectivity index (χ0v) is 21.0. The molecule has 1 aromatic carbocycles. The van der Waals surface area contributed by atoms with Crippen LogP contribution in [0.4, 0.5) is 5.82 Å². The largest absolute Gasteiger partial charge is 0.449 e. The number of oxazole rings is 1. The highest BCUT2D eigenvalue weighted by molar-refractivity contribution is 6.39. The van der Waals surface area contributed by atoms with Gasteiger partial charge in [0.15, 0.2) is 12.2 Å². The summed E-state index contributed by atoms with van der Waals surface area (Å²) in [5.41, 5.74) is 4.86. The van der Waals surface area contributed by atoms with Gasteiger partial charge in [-0.2, -0.15) is 4.98 Å². The Morgan fingerprint density at radius 2 is 1.86 bits per heavy atom. The highest BCUT2D eigenvalue weighted by Gasteiger charge is 2.29. The number of aryl methyl sites for hydroxylation is 1. The Hall–Kier alpha value is -3.42. The number of hydrogen-bond donors (Lipinski definition) is 2. The highest BCUT2D eigenvalue weighted by Crippen LogP contribution is 2.35. The van der Waals surface area contributed by atoms with E-state index in [1.807, 2.05) is 24.4 Å². The quantitative estimate of drug-likeness (QED) is 0.302. The second-order valence-corrected chi connectivity index (χ2v) is 9.67. The van der Waals surface area contributed by atoms with Gasteiger partial charge in [-0.3, -0.25) is 14.8 Å². The third-order valence-electron chi connectivity index (χ3n) is 6.50. The molecule has 36 heavy (non-hydrogen) atoms. The van der Waals surface area contributed by atoms with E-state index in [1.165, 1.54) is 29.9 Å². The highest BCUT2D eigenvalue weighted by atomic mass is 35.5. The fourth-order valence-corrected chi connectivity index (χ4v) is 5.29. The van der Waals surface area contributed by atoms with E-state index in [4.69, 9.17) is 32.6 Å². The summed E-state index contributed by atoms with van der Waals surface area (Å²) in [5.74, 6) is 0.646. The predicted octanol–water partition coefficient (Wildman–Crippen LogP) is 5.84. The van der Waals surface area contributed by atoms with E-state index in [2.05, 4.69) is 38.8 Å². The summed E-state index contributed by atoms with van der Waals surface area (Å²) in [5, 5.41) is 6.89. The Morgan fingerprint density at radius 3 is 2.61 bits per heavy atom. The molecule has 3 aromatic heterocycles. The standard InChI is InChI=1S/C27H25Cl2N5O2/c28-21-13-30-14-22(29)25(21)27(35)32-12-18-8-6-17(7-9-18)11-23(34-24-15-36-16-33-24)20-5-1-3-19-4-2-10-31-26(19)20/h2,4,6-10,13-16,20,23,34H,1,3,5,11-12H2,(H,32,35). The average Bonchev–Trinajstić information content (AvgIpc) is 3.41. The van der Waals surface area contributed by atoms with Crippen molar-refractivity contribution >= 4 is 34.9 Å². The van der Waals surface area contributed by atoms with Crippen molar-refractivity contribution in [1.29, 1.82) is 0 Å². The van der Waals surface area contributed by atoms with Crippen LogP contribution in [0.1, 0.15) is 51.5 Å². The third-order valence-corrected chi connectivity index (χ3v) is 7.08. The zero-order valence-electron chi connectivity index (χ0n) is 19.5. The molecule has 3 heterocycles. The first-order chi connectivity index (χ1) is 17.6. The van der Waals surface area contributed by atoms with E-state index in [1.54, 1.807) is 6.26 Å². The molecule has 1 amide bonds. The second kappa shape index (κ2) is 11.1. The number of rotatable bonds is 8. The number of pyridine rings is 2. The molecule has 2 unspecified atom stereocenters. The number of carbonyl (C=O) groups excluding carboxylic acids is 1. The van der Waals surface area contributed by atoms with Crippen LogP contribution in [0.2, 0.25) is 10.0 Å². The van der Waals surface area contributed by atoms with E-state index in [0.29, 0.717) is 6.54 Å². The Labute approximate surface area is 219 Å². The van der Waals surface area contributed by atoms with E-state index < -0.39 is 0 Å². The lowest BCUT2D eigenvalue weighted by atomic mass is 9.80. The van der Waals surface area contributed by atoms with Gasteiger partial charge in [-0.15, -0.1) is 0 Å². The molecular weight excluding hydrogens is 497 g/mol. The summed E-state index contributed by atoms with van der Waals surface area (Å²) in [4.78, 5) is 25.5. The van der Waals surface area contributed by atoms with Crippen LogP contribution < -0.4 is 10.6 Å².